The third-order valence-electron chi connectivity index (χ3n) is 3.00. The minimum atomic E-state index is -3.16. The number of halogens is 2. The van der Waals surface area contributed by atoms with Gasteiger partial charge in [-0.2, -0.15) is 0 Å². The predicted octanol–water partition coefficient (Wildman–Crippen LogP) is 3.28. The Hall–Kier alpha value is -1.24. The van der Waals surface area contributed by atoms with Crippen molar-refractivity contribution in [3.8, 4) is 0 Å². The lowest BCUT2D eigenvalue weighted by Crippen LogP contribution is -2.13. The predicted molar refractivity (Wildman–Crippen MR) is 84.2 cm³/mol. The van der Waals surface area contributed by atoms with Gasteiger partial charge in [0.05, 0.1) is 4.90 Å². The Kier molecular flexibility index (Phi) is 5.13. The summed E-state index contributed by atoms with van der Waals surface area (Å²) in [6.45, 7) is 1.10. The molecule has 0 unspecified atom stereocenters. The minimum absolute atomic E-state index is 0.271. The Balaban J connectivity index is 1.96. The molecule has 112 valence electrons. The van der Waals surface area contributed by atoms with Gasteiger partial charge in [0.25, 0.3) is 0 Å². The van der Waals surface area contributed by atoms with E-state index in [1.54, 1.807) is 30.3 Å². The molecule has 0 radical (unpaired) electrons. The number of hydrogen-bond donors (Lipinski definition) is 1. The molecule has 21 heavy (non-hydrogen) atoms. The minimum Gasteiger partial charge on any atom is -0.309 e. The van der Waals surface area contributed by atoms with Crippen LogP contribution >= 0.6 is 15.9 Å². The highest BCUT2D eigenvalue weighted by atomic mass is 79.9. The molecule has 3 nitrogen and oxygen atoms in total. The van der Waals surface area contributed by atoms with E-state index in [1.165, 1.54) is 18.4 Å². The summed E-state index contributed by atoms with van der Waals surface area (Å²) in [5.41, 5.74) is 1.80. The second kappa shape index (κ2) is 6.68. The van der Waals surface area contributed by atoms with Crippen molar-refractivity contribution in [2.45, 2.75) is 18.0 Å². The number of nitrogens with one attached hydrogen (secondary N) is 1. The van der Waals surface area contributed by atoms with Crippen molar-refractivity contribution in [1.82, 2.24) is 5.32 Å². The molecule has 0 aliphatic carbocycles. The maximum Gasteiger partial charge on any atom is 0.175 e. The van der Waals surface area contributed by atoms with E-state index in [1.807, 2.05) is 0 Å². The molecular weight excluding hydrogens is 357 g/mol. The normalized spacial score (nSPS) is 11.6. The molecule has 0 saturated heterocycles. The lowest BCUT2D eigenvalue weighted by molar-refractivity contribution is 0.602. The second-order valence-corrected chi connectivity index (χ2v) is 7.63. The molecule has 0 spiro atoms. The summed E-state index contributed by atoms with van der Waals surface area (Å²) in [6, 6.07) is 11.3. The summed E-state index contributed by atoms with van der Waals surface area (Å²) in [5.74, 6) is -0.271. The van der Waals surface area contributed by atoms with Crippen LogP contribution in [-0.2, 0) is 22.9 Å². The largest absolute Gasteiger partial charge is 0.309 e. The fraction of sp³-hybridized carbons (Fsp3) is 0.200. The van der Waals surface area contributed by atoms with Crippen LogP contribution < -0.4 is 5.32 Å². The summed E-state index contributed by atoms with van der Waals surface area (Å²) < 4.78 is 36.7. The number of benzene rings is 2. The van der Waals surface area contributed by atoms with Gasteiger partial charge in [-0.3, -0.25) is 0 Å². The zero-order chi connectivity index (χ0) is 15.5. The summed E-state index contributed by atoms with van der Waals surface area (Å²) in [6.07, 6.45) is 1.18. The molecular formula is C15H15BrFNO2S. The van der Waals surface area contributed by atoms with Crippen LogP contribution in [-0.4, -0.2) is 14.7 Å². The van der Waals surface area contributed by atoms with E-state index in [-0.39, 0.29) is 5.82 Å². The standard InChI is InChI=1S/C15H15BrFNO2S/c1-21(19,20)14-5-2-11(3-6-14)9-18-10-12-8-13(17)4-7-15(12)16/h2-8,18H,9-10H2,1H3. The second-order valence-electron chi connectivity index (χ2n) is 4.76. The van der Waals surface area contributed by atoms with Crippen molar-refractivity contribution < 1.29 is 12.8 Å². The van der Waals surface area contributed by atoms with Gasteiger partial charge in [0.1, 0.15) is 5.82 Å². The summed E-state index contributed by atoms with van der Waals surface area (Å²) in [7, 11) is -3.16. The van der Waals surface area contributed by atoms with Crippen LogP contribution in [0.15, 0.2) is 51.8 Å². The van der Waals surface area contributed by atoms with Crippen LogP contribution in [0.25, 0.3) is 0 Å². The van der Waals surface area contributed by atoms with E-state index < -0.39 is 9.84 Å². The Morgan fingerprint density at radius 2 is 1.76 bits per heavy atom. The van der Waals surface area contributed by atoms with Gasteiger partial charge in [0, 0.05) is 23.8 Å². The first-order valence-electron chi connectivity index (χ1n) is 6.30. The molecule has 2 rings (SSSR count). The number of hydrogen-bond acceptors (Lipinski definition) is 3. The molecule has 6 heteroatoms. The van der Waals surface area contributed by atoms with E-state index >= 15 is 0 Å². The van der Waals surface area contributed by atoms with Crippen LogP contribution in [0.1, 0.15) is 11.1 Å². The fourth-order valence-corrected chi connectivity index (χ4v) is 2.89. The summed E-state index contributed by atoms with van der Waals surface area (Å²) in [5, 5.41) is 3.20. The van der Waals surface area contributed by atoms with Gasteiger partial charge < -0.3 is 5.32 Å². The molecule has 0 saturated carbocycles. The highest BCUT2D eigenvalue weighted by Crippen LogP contribution is 2.17. The first-order valence-corrected chi connectivity index (χ1v) is 8.98. The molecule has 2 aromatic rings. The van der Waals surface area contributed by atoms with Crippen LogP contribution in [0.4, 0.5) is 4.39 Å². The average Bonchev–Trinajstić information content (AvgIpc) is 2.42. The Bertz CT molecular complexity index is 730. The molecule has 2 aromatic carbocycles. The van der Waals surface area contributed by atoms with Crippen molar-refractivity contribution in [2.75, 3.05) is 6.26 Å². The monoisotopic (exact) mass is 371 g/mol. The van der Waals surface area contributed by atoms with Gasteiger partial charge in [-0.1, -0.05) is 28.1 Å². The van der Waals surface area contributed by atoms with E-state index in [4.69, 9.17) is 0 Å². The molecule has 0 fully saturated rings. The summed E-state index contributed by atoms with van der Waals surface area (Å²) in [4.78, 5) is 0.305. The Morgan fingerprint density at radius 1 is 1.10 bits per heavy atom. The van der Waals surface area contributed by atoms with E-state index in [9.17, 15) is 12.8 Å². The quantitative estimate of drug-likeness (QED) is 0.876. The van der Waals surface area contributed by atoms with Crippen LogP contribution in [0.5, 0.6) is 0 Å². The molecule has 0 atom stereocenters. The van der Waals surface area contributed by atoms with Crippen LogP contribution in [0.3, 0.4) is 0 Å². The van der Waals surface area contributed by atoms with Gasteiger partial charge in [-0.15, -0.1) is 0 Å². The molecule has 0 heterocycles. The third kappa shape index (κ3) is 4.62. The van der Waals surface area contributed by atoms with E-state index in [2.05, 4.69) is 21.2 Å². The average molecular weight is 372 g/mol. The maximum absolute atomic E-state index is 13.1. The first kappa shape index (κ1) is 16.1. The van der Waals surface area contributed by atoms with E-state index in [0.717, 1.165) is 15.6 Å². The van der Waals surface area contributed by atoms with Crippen molar-refractivity contribution in [3.63, 3.8) is 0 Å². The summed E-state index contributed by atoms with van der Waals surface area (Å²) >= 11 is 3.37. The van der Waals surface area contributed by atoms with Crippen molar-refractivity contribution in [2.24, 2.45) is 0 Å². The molecule has 0 aromatic heterocycles. The molecule has 0 amide bonds. The van der Waals surface area contributed by atoms with Crippen LogP contribution in [0, 0.1) is 5.82 Å². The number of rotatable bonds is 5. The highest BCUT2D eigenvalue weighted by molar-refractivity contribution is 9.10. The first-order chi connectivity index (χ1) is 9.86. The van der Waals surface area contributed by atoms with Crippen molar-refractivity contribution >= 4 is 25.8 Å². The van der Waals surface area contributed by atoms with Gasteiger partial charge in [0.15, 0.2) is 9.84 Å². The molecule has 0 aliphatic heterocycles. The molecule has 0 aliphatic rings. The number of sulfone groups is 1. The van der Waals surface area contributed by atoms with Crippen molar-refractivity contribution in [1.29, 1.82) is 0 Å². The van der Waals surface area contributed by atoms with E-state index in [0.29, 0.717) is 18.0 Å². The topological polar surface area (TPSA) is 46.2 Å². The Morgan fingerprint density at radius 3 is 2.38 bits per heavy atom. The smallest absolute Gasteiger partial charge is 0.175 e. The fourth-order valence-electron chi connectivity index (χ4n) is 1.87. The third-order valence-corrected chi connectivity index (χ3v) is 4.91. The van der Waals surface area contributed by atoms with Gasteiger partial charge in [0.2, 0.25) is 0 Å². The lowest BCUT2D eigenvalue weighted by Gasteiger charge is -2.08. The Labute approximate surface area is 132 Å². The highest BCUT2D eigenvalue weighted by Gasteiger charge is 2.06. The SMILES string of the molecule is CS(=O)(=O)c1ccc(CNCc2cc(F)ccc2Br)cc1. The van der Waals surface area contributed by atoms with Gasteiger partial charge in [-0.05, 0) is 41.5 Å². The lowest BCUT2D eigenvalue weighted by atomic mass is 10.2. The van der Waals surface area contributed by atoms with Gasteiger partial charge in [-0.25, -0.2) is 12.8 Å². The van der Waals surface area contributed by atoms with Gasteiger partial charge >= 0.3 is 0 Å². The maximum atomic E-state index is 13.1. The zero-order valence-corrected chi connectivity index (χ0v) is 13.8. The van der Waals surface area contributed by atoms with Crippen LogP contribution in [0.2, 0.25) is 0 Å². The molecule has 0 bridgehead atoms. The van der Waals surface area contributed by atoms with Crippen molar-refractivity contribution in [3.05, 3.63) is 63.9 Å². The zero-order valence-electron chi connectivity index (χ0n) is 11.4. The molecule has 1 N–H and O–H groups in total.